The maximum absolute atomic E-state index is 2.38. The van der Waals surface area contributed by atoms with Gasteiger partial charge in [-0.05, 0) is 0 Å². The zero-order valence-corrected chi connectivity index (χ0v) is 6.28. The van der Waals surface area contributed by atoms with Crippen molar-refractivity contribution in [3.05, 3.63) is 0 Å². The van der Waals surface area contributed by atoms with Gasteiger partial charge in [-0.3, -0.25) is 0 Å². The molecule has 0 rings (SSSR count). The molecule has 0 bridgehead atoms. The first kappa shape index (κ1) is 8.06. The van der Waals surface area contributed by atoms with Gasteiger partial charge in [0.15, 0.2) is 0 Å². The highest BCUT2D eigenvalue weighted by Gasteiger charge is 1.92. The van der Waals surface area contributed by atoms with Crippen LogP contribution in [-0.2, 0) is 0 Å². The number of hydrogen-bond donors (Lipinski definition) is 0. The lowest BCUT2D eigenvalue weighted by molar-refractivity contribution is 0.728. The Morgan fingerprint density at radius 2 is 2.00 bits per heavy atom. The molecule has 47 valence electrons. The predicted molar refractivity (Wildman–Crippen MR) is 40.5 cm³/mol. The third-order valence-corrected chi connectivity index (χ3v) is 1.13. The third kappa shape index (κ3) is 6.06. The highest BCUT2D eigenvalue weighted by atomic mass is 13.8. The summed E-state index contributed by atoms with van der Waals surface area (Å²) in [6.45, 7) is 6.73. The minimum Gasteiger partial charge on any atom is -0.0806 e. The SMILES string of the molecule is CCC[B]CC(C)C. The molecule has 0 aromatic rings. The summed E-state index contributed by atoms with van der Waals surface area (Å²) in [4.78, 5) is 0. The quantitative estimate of drug-likeness (QED) is 0.386. The van der Waals surface area contributed by atoms with Gasteiger partial charge in [0, 0.05) is 0 Å². The molecule has 0 aliphatic heterocycles. The average Bonchev–Trinajstić information content (AvgIpc) is 1.66. The average molecular weight is 111 g/mol. The molecule has 0 unspecified atom stereocenters. The summed E-state index contributed by atoms with van der Waals surface area (Å²) in [5.41, 5.74) is 0. The van der Waals surface area contributed by atoms with Gasteiger partial charge in [-0.15, -0.1) is 0 Å². The zero-order chi connectivity index (χ0) is 6.41. The van der Waals surface area contributed by atoms with E-state index in [9.17, 15) is 0 Å². The molecule has 0 saturated carbocycles. The highest BCUT2D eigenvalue weighted by molar-refractivity contribution is 6.35. The van der Waals surface area contributed by atoms with E-state index in [0.29, 0.717) is 0 Å². The summed E-state index contributed by atoms with van der Waals surface area (Å²) in [6, 6.07) is 0. The lowest BCUT2D eigenvalue weighted by atomic mass is 9.67. The first-order valence-electron chi connectivity index (χ1n) is 3.59. The van der Waals surface area contributed by atoms with Crippen LogP contribution in [0.25, 0.3) is 0 Å². The second-order valence-electron chi connectivity index (χ2n) is 2.71. The van der Waals surface area contributed by atoms with Gasteiger partial charge in [0.2, 0.25) is 0 Å². The Morgan fingerprint density at radius 3 is 2.38 bits per heavy atom. The molecule has 1 radical (unpaired) electrons. The minimum absolute atomic E-state index is 0.849. The van der Waals surface area contributed by atoms with Crippen LogP contribution in [0.5, 0.6) is 0 Å². The Bertz CT molecular complexity index is 41.7. The fraction of sp³-hybridized carbons (Fsp3) is 1.00. The highest BCUT2D eigenvalue weighted by Crippen LogP contribution is 2.01. The van der Waals surface area contributed by atoms with Crippen LogP contribution < -0.4 is 0 Å². The van der Waals surface area contributed by atoms with E-state index in [1.807, 2.05) is 0 Å². The van der Waals surface area contributed by atoms with Crippen LogP contribution in [0, 0.1) is 5.92 Å². The van der Waals surface area contributed by atoms with Crippen LogP contribution in [0.2, 0.25) is 12.6 Å². The number of hydrogen-bond acceptors (Lipinski definition) is 0. The molecule has 0 aromatic heterocycles. The maximum Gasteiger partial charge on any atom is 0.109 e. The maximum atomic E-state index is 2.38. The molecule has 0 spiro atoms. The Balaban J connectivity index is 2.72. The van der Waals surface area contributed by atoms with Gasteiger partial charge >= 0.3 is 0 Å². The zero-order valence-electron chi connectivity index (χ0n) is 6.28. The Morgan fingerprint density at radius 1 is 1.38 bits per heavy atom. The van der Waals surface area contributed by atoms with Crippen molar-refractivity contribution in [2.75, 3.05) is 0 Å². The van der Waals surface area contributed by atoms with Crippen LogP contribution in [0.3, 0.4) is 0 Å². The van der Waals surface area contributed by atoms with E-state index in [4.69, 9.17) is 0 Å². The van der Waals surface area contributed by atoms with Crippen molar-refractivity contribution < 1.29 is 0 Å². The topological polar surface area (TPSA) is 0 Å². The van der Waals surface area contributed by atoms with Gasteiger partial charge in [-0.25, -0.2) is 0 Å². The lowest BCUT2D eigenvalue weighted by Gasteiger charge is -1.99. The van der Waals surface area contributed by atoms with Crippen molar-refractivity contribution >= 4 is 7.28 Å². The summed E-state index contributed by atoms with van der Waals surface area (Å²) in [7, 11) is 2.38. The third-order valence-electron chi connectivity index (χ3n) is 1.13. The molecular formula is C7H16B. The molecule has 0 aliphatic carbocycles. The Kier molecular flexibility index (Phi) is 5.25. The summed E-state index contributed by atoms with van der Waals surface area (Å²) >= 11 is 0. The summed E-state index contributed by atoms with van der Waals surface area (Å²) in [5, 5.41) is 0. The van der Waals surface area contributed by atoms with E-state index in [2.05, 4.69) is 28.1 Å². The molecule has 0 N–H and O–H groups in total. The van der Waals surface area contributed by atoms with Crippen molar-refractivity contribution in [1.29, 1.82) is 0 Å². The minimum atomic E-state index is 0.849. The van der Waals surface area contributed by atoms with Crippen LogP contribution >= 0.6 is 0 Å². The Hall–Kier alpha value is 0.0649. The largest absolute Gasteiger partial charge is 0.109 e. The molecule has 0 atom stereocenters. The molecule has 0 fully saturated rings. The van der Waals surface area contributed by atoms with Gasteiger partial charge in [-0.2, -0.15) is 0 Å². The van der Waals surface area contributed by atoms with Gasteiger partial charge in [0.1, 0.15) is 7.28 Å². The molecule has 8 heavy (non-hydrogen) atoms. The fourth-order valence-corrected chi connectivity index (χ4v) is 0.655. The normalized spacial score (nSPS) is 10.0. The molecule has 0 aromatic carbocycles. The van der Waals surface area contributed by atoms with Gasteiger partial charge in [0.25, 0.3) is 0 Å². The van der Waals surface area contributed by atoms with E-state index in [1.54, 1.807) is 0 Å². The molecular weight excluding hydrogens is 94.9 g/mol. The van der Waals surface area contributed by atoms with E-state index >= 15 is 0 Å². The van der Waals surface area contributed by atoms with Gasteiger partial charge in [-0.1, -0.05) is 45.8 Å². The molecule has 1 heteroatoms. The van der Waals surface area contributed by atoms with Gasteiger partial charge < -0.3 is 0 Å². The van der Waals surface area contributed by atoms with Crippen molar-refractivity contribution in [2.24, 2.45) is 5.92 Å². The summed E-state index contributed by atoms with van der Waals surface area (Å²) in [5.74, 6) is 0.849. The monoisotopic (exact) mass is 111 g/mol. The van der Waals surface area contributed by atoms with E-state index in [-0.39, 0.29) is 0 Å². The molecule has 0 nitrogen and oxygen atoms in total. The molecule has 0 heterocycles. The second-order valence-corrected chi connectivity index (χ2v) is 2.71. The molecule has 0 amide bonds. The smallest absolute Gasteiger partial charge is 0.0806 e. The summed E-state index contributed by atoms with van der Waals surface area (Å²) < 4.78 is 0. The second kappa shape index (κ2) is 5.21. The van der Waals surface area contributed by atoms with E-state index in [0.717, 1.165) is 5.92 Å². The molecule has 0 saturated heterocycles. The van der Waals surface area contributed by atoms with E-state index < -0.39 is 0 Å². The van der Waals surface area contributed by atoms with Crippen molar-refractivity contribution in [3.8, 4) is 0 Å². The van der Waals surface area contributed by atoms with Crippen molar-refractivity contribution in [1.82, 2.24) is 0 Å². The predicted octanol–water partition coefficient (Wildman–Crippen LogP) is 2.59. The first-order chi connectivity index (χ1) is 3.77. The van der Waals surface area contributed by atoms with Crippen LogP contribution in [0.1, 0.15) is 27.2 Å². The van der Waals surface area contributed by atoms with Crippen molar-refractivity contribution in [3.63, 3.8) is 0 Å². The van der Waals surface area contributed by atoms with Crippen LogP contribution in [-0.4, -0.2) is 7.28 Å². The van der Waals surface area contributed by atoms with Crippen LogP contribution in [0.15, 0.2) is 0 Å². The lowest BCUT2D eigenvalue weighted by Crippen LogP contribution is -1.93. The summed E-state index contributed by atoms with van der Waals surface area (Å²) in [6.07, 6.45) is 3.87. The van der Waals surface area contributed by atoms with Crippen molar-refractivity contribution in [2.45, 2.75) is 39.8 Å². The van der Waals surface area contributed by atoms with Crippen LogP contribution in [0.4, 0.5) is 0 Å². The Labute approximate surface area is 53.9 Å². The fourth-order valence-electron chi connectivity index (χ4n) is 0.655. The van der Waals surface area contributed by atoms with Gasteiger partial charge in [0.05, 0.1) is 0 Å². The number of rotatable bonds is 4. The standard InChI is InChI=1S/C7H16B/c1-4-5-8-6-7(2)3/h7H,4-6H2,1-3H3. The van der Waals surface area contributed by atoms with E-state index in [1.165, 1.54) is 19.1 Å². The first-order valence-corrected chi connectivity index (χ1v) is 3.59. The molecule has 0 aliphatic rings.